The summed E-state index contributed by atoms with van der Waals surface area (Å²) < 4.78 is 5.42. The minimum atomic E-state index is -0.921. The van der Waals surface area contributed by atoms with Crippen molar-refractivity contribution < 1.29 is 14.6 Å². The molecule has 0 amide bonds. The minimum absolute atomic E-state index is 0.0521. The van der Waals surface area contributed by atoms with Gasteiger partial charge in [-0.25, -0.2) is 4.79 Å². The van der Waals surface area contributed by atoms with Crippen molar-refractivity contribution in [3.63, 3.8) is 0 Å². The van der Waals surface area contributed by atoms with E-state index in [0.29, 0.717) is 0 Å². The van der Waals surface area contributed by atoms with E-state index in [9.17, 15) is 4.79 Å². The van der Waals surface area contributed by atoms with Crippen molar-refractivity contribution in [3.05, 3.63) is 59.2 Å². The number of methoxy groups -OCH3 is 1. The fourth-order valence-electron chi connectivity index (χ4n) is 2.21. The fraction of sp³-hybridized carbons (Fsp3) is 0.235. The standard InChI is InChI=1S/C17H19NO3/c1-11-4-9-15(16(10-11)21-3)12(2)18-14-7-5-13(6-8-14)17(19)20/h4-10,12,18H,1-3H3,(H,19,20). The van der Waals surface area contributed by atoms with Gasteiger partial charge in [-0.15, -0.1) is 0 Å². The van der Waals surface area contributed by atoms with Gasteiger partial charge in [-0.3, -0.25) is 0 Å². The van der Waals surface area contributed by atoms with Crippen LogP contribution in [0.4, 0.5) is 5.69 Å². The molecule has 0 heterocycles. The summed E-state index contributed by atoms with van der Waals surface area (Å²) in [5, 5.41) is 12.2. The second-order valence-corrected chi connectivity index (χ2v) is 4.99. The molecule has 0 aromatic heterocycles. The van der Waals surface area contributed by atoms with Crippen LogP contribution in [-0.4, -0.2) is 18.2 Å². The third-order valence-corrected chi connectivity index (χ3v) is 3.37. The first-order valence-corrected chi connectivity index (χ1v) is 6.75. The molecule has 4 nitrogen and oxygen atoms in total. The van der Waals surface area contributed by atoms with E-state index in [0.717, 1.165) is 22.6 Å². The number of carboxylic acids is 1. The number of aromatic carboxylic acids is 1. The van der Waals surface area contributed by atoms with Gasteiger partial charge in [0.05, 0.1) is 18.7 Å². The quantitative estimate of drug-likeness (QED) is 0.875. The highest BCUT2D eigenvalue weighted by molar-refractivity contribution is 5.88. The number of benzene rings is 2. The predicted molar refractivity (Wildman–Crippen MR) is 83.2 cm³/mol. The maximum atomic E-state index is 10.8. The molecule has 0 spiro atoms. The Kier molecular flexibility index (Phi) is 4.48. The summed E-state index contributed by atoms with van der Waals surface area (Å²) in [4.78, 5) is 10.8. The number of carbonyl (C=O) groups is 1. The van der Waals surface area contributed by atoms with Crippen molar-refractivity contribution in [3.8, 4) is 5.75 Å². The molecule has 0 bridgehead atoms. The van der Waals surface area contributed by atoms with E-state index in [1.807, 2.05) is 32.0 Å². The maximum Gasteiger partial charge on any atom is 0.335 e. The lowest BCUT2D eigenvalue weighted by Crippen LogP contribution is -2.08. The first-order valence-electron chi connectivity index (χ1n) is 6.75. The van der Waals surface area contributed by atoms with Crippen molar-refractivity contribution in [2.24, 2.45) is 0 Å². The van der Waals surface area contributed by atoms with E-state index in [2.05, 4.69) is 5.32 Å². The summed E-state index contributed by atoms with van der Waals surface area (Å²) in [6.07, 6.45) is 0. The van der Waals surface area contributed by atoms with E-state index in [4.69, 9.17) is 9.84 Å². The van der Waals surface area contributed by atoms with Gasteiger partial charge in [0.1, 0.15) is 5.75 Å². The van der Waals surface area contributed by atoms with Crippen LogP contribution in [0.3, 0.4) is 0 Å². The molecule has 2 aromatic rings. The molecular formula is C17H19NO3. The van der Waals surface area contributed by atoms with Crippen LogP contribution in [-0.2, 0) is 0 Å². The molecule has 0 aliphatic heterocycles. The summed E-state index contributed by atoms with van der Waals surface area (Å²) in [5.41, 5.74) is 3.36. The molecule has 0 radical (unpaired) electrons. The summed E-state index contributed by atoms with van der Waals surface area (Å²) in [6, 6.07) is 12.8. The topological polar surface area (TPSA) is 58.6 Å². The molecule has 2 rings (SSSR count). The molecule has 4 heteroatoms. The first kappa shape index (κ1) is 14.9. The lowest BCUT2D eigenvalue weighted by Gasteiger charge is -2.19. The van der Waals surface area contributed by atoms with Crippen LogP contribution in [0.1, 0.15) is 34.5 Å². The molecule has 0 saturated carbocycles. The number of nitrogens with one attached hydrogen (secondary N) is 1. The SMILES string of the molecule is COc1cc(C)ccc1C(C)Nc1ccc(C(=O)O)cc1. The van der Waals surface area contributed by atoms with Gasteiger partial charge in [0.2, 0.25) is 0 Å². The Hall–Kier alpha value is -2.49. The molecule has 1 unspecified atom stereocenters. The van der Waals surface area contributed by atoms with Gasteiger partial charge < -0.3 is 15.2 Å². The zero-order valence-corrected chi connectivity index (χ0v) is 12.4. The highest BCUT2D eigenvalue weighted by Crippen LogP contribution is 2.28. The Morgan fingerprint density at radius 3 is 2.43 bits per heavy atom. The van der Waals surface area contributed by atoms with E-state index in [-0.39, 0.29) is 11.6 Å². The summed E-state index contributed by atoms with van der Waals surface area (Å²) >= 11 is 0. The van der Waals surface area contributed by atoms with E-state index >= 15 is 0 Å². The van der Waals surface area contributed by atoms with Crippen LogP contribution in [0.5, 0.6) is 5.75 Å². The van der Waals surface area contributed by atoms with E-state index < -0.39 is 5.97 Å². The third-order valence-electron chi connectivity index (χ3n) is 3.37. The molecule has 0 aliphatic rings. The lowest BCUT2D eigenvalue weighted by molar-refractivity contribution is 0.0697. The van der Waals surface area contributed by atoms with E-state index in [1.165, 1.54) is 0 Å². The largest absolute Gasteiger partial charge is 0.496 e. The maximum absolute atomic E-state index is 10.8. The van der Waals surface area contributed by atoms with Crippen molar-refractivity contribution in [2.45, 2.75) is 19.9 Å². The Morgan fingerprint density at radius 2 is 1.86 bits per heavy atom. The Morgan fingerprint density at radius 1 is 1.19 bits per heavy atom. The Balaban J connectivity index is 2.17. The minimum Gasteiger partial charge on any atom is -0.496 e. The van der Waals surface area contributed by atoms with Gasteiger partial charge in [-0.2, -0.15) is 0 Å². The Bertz CT molecular complexity index is 635. The predicted octanol–water partition coefficient (Wildman–Crippen LogP) is 3.87. The number of hydrogen-bond acceptors (Lipinski definition) is 3. The molecule has 1 atom stereocenters. The smallest absolute Gasteiger partial charge is 0.335 e. The van der Waals surface area contributed by atoms with Crippen molar-refractivity contribution in [1.82, 2.24) is 0 Å². The number of ether oxygens (including phenoxy) is 1. The van der Waals surface area contributed by atoms with Crippen LogP contribution >= 0.6 is 0 Å². The van der Waals surface area contributed by atoms with Gasteiger partial charge in [-0.1, -0.05) is 12.1 Å². The summed E-state index contributed by atoms with van der Waals surface area (Å²) in [5.74, 6) is -0.0769. The molecule has 21 heavy (non-hydrogen) atoms. The second kappa shape index (κ2) is 6.31. The monoisotopic (exact) mass is 285 g/mol. The zero-order valence-electron chi connectivity index (χ0n) is 12.4. The number of rotatable bonds is 5. The van der Waals surface area contributed by atoms with Crippen LogP contribution < -0.4 is 10.1 Å². The molecule has 2 N–H and O–H groups in total. The normalized spacial score (nSPS) is 11.8. The van der Waals surface area contributed by atoms with Gasteiger partial charge in [0.25, 0.3) is 0 Å². The highest BCUT2D eigenvalue weighted by atomic mass is 16.5. The molecule has 0 saturated heterocycles. The Labute approximate surface area is 124 Å². The van der Waals surface area contributed by atoms with Crippen molar-refractivity contribution in [1.29, 1.82) is 0 Å². The van der Waals surface area contributed by atoms with Crippen LogP contribution in [0, 0.1) is 6.92 Å². The first-order chi connectivity index (χ1) is 10.0. The molecule has 0 aliphatic carbocycles. The van der Waals surface area contributed by atoms with Crippen molar-refractivity contribution in [2.75, 3.05) is 12.4 Å². The second-order valence-electron chi connectivity index (χ2n) is 4.99. The zero-order chi connectivity index (χ0) is 15.4. The highest BCUT2D eigenvalue weighted by Gasteiger charge is 2.11. The fourth-order valence-corrected chi connectivity index (χ4v) is 2.21. The lowest BCUT2D eigenvalue weighted by atomic mass is 10.0. The van der Waals surface area contributed by atoms with Crippen LogP contribution in [0.2, 0.25) is 0 Å². The van der Waals surface area contributed by atoms with Gasteiger partial charge in [0, 0.05) is 11.3 Å². The average Bonchev–Trinajstić information content (AvgIpc) is 2.47. The molecular weight excluding hydrogens is 266 g/mol. The third kappa shape index (κ3) is 3.54. The molecule has 110 valence electrons. The van der Waals surface area contributed by atoms with Crippen LogP contribution in [0.15, 0.2) is 42.5 Å². The number of hydrogen-bond donors (Lipinski definition) is 2. The van der Waals surface area contributed by atoms with Gasteiger partial charge in [-0.05, 0) is 49.7 Å². The number of carboxylic acid groups (broad SMARTS) is 1. The van der Waals surface area contributed by atoms with E-state index in [1.54, 1.807) is 31.4 Å². The summed E-state index contributed by atoms with van der Waals surface area (Å²) in [7, 11) is 1.66. The van der Waals surface area contributed by atoms with Gasteiger partial charge in [0.15, 0.2) is 0 Å². The van der Waals surface area contributed by atoms with Gasteiger partial charge >= 0.3 is 5.97 Å². The van der Waals surface area contributed by atoms with Crippen molar-refractivity contribution >= 4 is 11.7 Å². The number of aryl methyl sites for hydroxylation is 1. The molecule has 2 aromatic carbocycles. The molecule has 0 fully saturated rings. The number of anilines is 1. The summed E-state index contributed by atoms with van der Waals surface area (Å²) in [6.45, 7) is 4.06. The van der Waals surface area contributed by atoms with Crippen LogP contribution in [0.25, 0.3) is 0 Å². The average molecular weight is 285 g/mol.